The van der Waals surface area contributed by atoms with Crippen LogP contribution in [0.25, 0.3) is 11.0 Å². The molecule has 2 N–H and O–H groups in total. The van der Waals surface area contributed by atoms with Crippen LogP contribution in [0.1, 0.15) is 22.6 Å². The minimum atomic E-state index is -0.780. The van der Waals surface area contributed by atoms with E-state index in [0.29, 0.717) is 22.1 Å². The van der Waals surface area contributed by atoms with Crippen LogP contribution in [0.15, 0.2) is 93.7 Å². The zero-order valence-corrected chi connectivity index (χ0v) is 17.9. The highest BCUT2D eigenvalue weighted by molar-refractivity contribution is 5.85. The number of nitriles is 1. The number of allylic oxidation sites excluding steroid dienone is 1. The third-order valence-corrected chi connectivity index (χ3v) is 5.50. The van der Waals surface area contributed by atoms with Gasteiger partial charge in [-0.15, -0.1) is 0 Å². The molecular formula is C25H17ClFN3O3. The first-order valence-corrected chi connectivity index (χ1v) is 9.92. The Labute approximate surface area is 194 Å². The summed E-state index contributed by atoms with van der Waals surface area (Å²) < 4.78 is 27.2. The van der Waals surface area contributed by atoms with E-state index in [0.717, 1.165) is 0 Å². The fourth-order valence-electron chi connectivity index (χ4n) is 4.03. The van der Waals surface area contributed by atoms with Gasteiger partial charge in [-0.25, -0.2) is 13.8 Å². The Morgan fingerprint density at radius 3 is 2.64 bits per heavy atom. The molecule has 1 aliphatic heterocycles. The van der Waals surface area contributed by atoms with Gasteiger partial charge in [-0.3, -0.25) is 0 Å². The summed E-state index contributed by atoms with van der Waals surface area (Å²) in [6.45, 7) is 0.282. The van der Waals surface area contributed by atoms with E-state index in [-0.39, 0.29) is 47.5 Å². The maximum atomic E-state index is 14.1. The molecule has 0 fully saturated rings. The SMILES string of the molecule is N#CC1=C(N)Oc2c(c(=O)oc3ccccc23)C1c1ccc[n+](Cc2ccccc2F)c1.[Cl-]. The van der Waals surface area contributed by atoms with Gasteiger partial charge in [-0.05, 0) is 30.3 Å². The van der Waals surface area contributed by atoms with Crippen LogP contribution in [0.5, 0.6) is 5.75 Å². The number of nitrogens with two attached hydrogens (primary N) is 1. The Hall–Kier alpha value is -4.15. The van der Waals surface area contributed by atoms with Crippen LogP contribution >= 0.6 is 0 Å². The first-order valence-electron chi connectivity index (χ1n) is 9.92. The normalized spacial score (nSPS) is 14.7. The van der Waals surface area contributed by atoms with Crippen molar-refractivity contribution >= 4 is 11.0 Å². The smallest absolute Gasteiger partial charge is 0.344 e. The van der Waals surface area contributed by atoms with E-state index in [4.69, 9.17) is 14.9 Å². The molecule has 1 aliphatic rings. The van der Waals surface area contributed by atoms with E-state index in [1.54, 1.807) is 71.6 Å². The molecule has 164 valence electrons. The summed E-state index contributed by atoms with van der Waals surface area (Å²) in [5, 5.41) is 10.4. The second-order valence-electron chi connectivity index (χ2n) is 7.45. The number of benzene rings is 2. The van der Waals surface area contributed by atoms with Gasteiger partial charge in [0.2, 0.25) is 5.88 Å². The fraction of sp³-hybridized carbons (Fsp3) is 0.0800. The lowest BCUT2D eigenvalue weighted by atomic mass is 9.84. The van der Waals surface area contributed by atoms with Crippen LogP contribution in [0, 0.1) is 17.1 Å². The van der Waals surface area contributed by atoms with Crippen LogP contribution in [0.4, 0.5) is 4.39 Å². The predicted octanol–water partition coefficient (Wildman–Crippen LogP) is 0.490. The van der Waals surface area contributed by atoms with Crippen molar-refractivity contribution in [3.63, 3.8) is 0 Å². The number of pyridine rings is 1. The van der Waals surface area contributed by atoms with Crippen molar-refractivity contribution < 1.29 is 30.5 Å². The molecule has 3 heterocycles. The van der Waals surface area contributed by atoms with Crippen LogP contribution in [0.2, 0.25) is 0 Å². The molecule has 0 bridgehead atoms. The molecule has 4 aromatic rings. The van der Waals surface area contributed by atoms with Gasteiger partial charge in [0.05, 0.1) is 22.4 Å². The summed E-state index contributed by atoms with van der Waals surface area (Å²) in [4.78, 5) is 13.0. The molecule has 0 saturated carbocycles. The first-order chi connectivity index (χ1) is 15.6. The molecule has 0 radical (unpaired) electrons. The zero-order valence-electron chi connectivity index (χ0n) is 17.2. The number of fused-ring (bicyclic) bond motifs is 3. The van der Waals surface area contributed by atoms with Crippen molar-refractivity contribution in [2.45, 2.75) is 12.5 Å². The number of para-hydroxylation sites is 1. The van der Waals surface area contributed by atoms with Gasteiger partial charge in [0.25, 0.3) is 0 Å². The molecule has 2 aromatic carbocycles. The summed E-state index contributed by atoms with van der Waals surface area (Å²) in [5.74, 6) is -0.874. The maximum Gasteiger partial charge on any atom is 0.344 e. The van der Waals surface area contributed by atoms with Gasteiger partial charge in [0.15, 0.2) is 24.7 Å². The van der Waals surface area contributed by atoms with Crippen molar-refractivity contribution in [2.75, 3.05) is 0 Å². The third kappa shape index (κ3) is 3.81. The first kappa shape index (κ1) is 22.1. The average molecular weight is 462 g/mol. The lowest BCUT2D eigenvalue weighted by molar-refractivity contribution is -0.689. The van der Waals surface area contributed by atoms with Crippen molar-refractivity contribution in [2.24, 2.45) is 5.73 Å². The minimum absolute atomic E-state index is 0. The molecule has 0 spiro atoms. The second kappa shape index (κ2) is 8.77. The van der Waals surface area contributed by atoms with Crippen molar-refractivity contribution in [3.05, 3.63) is 117 Å². The summed E-state index contributed by atoms with van der Waals surface area (Å²) in [6, 6.07) is 19.1. The van der Waals surface area contributed by atoms with Crippen molar-refractivity contribution in [3.8, 4) is 11.8 Å². The highest BCUT2D eigenvalue weighted by Gasteiger charge is 2.36. The maximum absolute atomic E-state index is 14.1. The molecule has 33 heavy (non-hydrogen) atoms. The van der Waals surface area contributed by atoms with Gasteiger partial charge in [-0.1, -0.05) is 24.3 Å². The van der Waals surface area contributed by atoms with Gasteiger partial charge < -0.3 is 27.3 Å². The Morgan fingerprint density at radius 2 is 1.85 bits per heavy atom. The molecule has 0 amide bonds. The van der Waals surface area contributed by atoms with Gasteiger partial charge >= 0.3 is 5.63 Å². The summed E-state index contributed by atoms with van der Waals surface area (Å²) in [7, 11) is 0. The predicted molar refractivity (Wildman–Crippen MR) is 114 cm³/mol. The Balaban J connectivity index is 0.00000259. The molecule has 1 atom stereocenters. The number of halogens is 2. The third-order valence-electron chi connectivity index (χ3n) is 5.50. The Kier molecular flexibility index (Phi) is 5.86. The second-order valence-corrected chi connectivity index (χ2v) is 7.45. The largest absolute Gasteiger partial charge is 1.00 e. The molecule has 6 nitrogen and oxygen atoms in total. The molecule has 8 heteroatoms. The molecule has 1 unspecified atom stereocenters. The number of rotatable bonds is 3. The van der Waals surface area contributed by atoms with Crippen molar-refractivity contribution in [1.29, 1.82) is 5.26 Å². The van der Waals surface area contributed by atoms with Gasteiger partial charge in [-0.2, -0.15) is 5.26 Å². The Morgan fingerprint density at radius 1 is 1.09 bits per heavy atom. The number of aromatic nitrogens is 1. The monoisotopic (exact) mass is 461 g/mol. The van der Waals surface area contributed by atoms with Crippen LogP contribution in [-0.2, 0) is 6.54 Å². The number of hydrogen-bond acceptors (Lipinski definition) is 5. The van der Waals surface area contributed by atoms with E-state index >= 15 is 0 Å². The van der Waals surface area contributed by atoms with Gasteiger partial charge in [0, 0.05) is 11.6 Å². The molecule has 5 rings (SSSR count). The number of nitrogens with zero attached hydrogens (tertiary/aromatic N) is 2. The molecule has 0 aliphatic carbocycles. The van der Waals surface area contributed by atoms with E-state index in [2.05, 4.69) is 6.07 Å². The molecular weight excluding hydrogens is 445 g/mol. The van der Waals surface area contributed by atoms with Crippen LogP contribution in [0.3, 0.4) is 0 Å². The molecule has 2 aromatic heterocycles. The van der Waals surface area contributed by atoms with Crippen molar-refractivity contribution in [1.82, 2.24) is 0 Å². The van der Waals surface area contributed by atoms with E-state index in [1.807, 2.05) is 0 Å². The summed E-state index contributed by atoms with van der Waals surface area (Å²) in [5.41, 5.74) is 7.34. The van der Waals surface area contributed by atoms with Gasteiger partial charge in [0.1, 0.15) is 23.0 Å². The zero-order chi connectivity index (χ0) is 22.2. The average Bonchev–Trinajstić information content (AvgIpc) is 2.80. The Bertz CT molecular complexity index is 1510. The number of hydrogen-bond donors (Lipinski definition) is 1. The van der Waals surface area contributed by atoms with Crippen LogP contribution in [-0.4, -0.2) is 0 Å². The highest BCUT2D eigenvalue weighted by Crippen LogP contribution is 2.43. The fourth-order valence-corrected chi connectivity index (χ4v) is 4.03. The number of ether oxygens (including phenoxy) is 1. The quantitative estimate of drug-likeness (QED) is 0.354. The topological polar surface area (TPSA) is 93.1 Å². The molecule has 0 saturated heterocycles. The lowest BCUT2D eigenvalue weighted by Gasteiger charge is -2.25. The van der Waals surface area contributed by atoms with E-state index < -0.39 is 11.5 Å². The minimum Gasteiger partial charge on any atom is -1.00 e. The summed E-state index contributed by atoms with van der Waals surface area (Å²) in [6.07, 6.45) is 3.56. The van der Waals surface area contributed by atoms with Crippen LogP contribution < -0.4 is 33.1 Å². The standard InChI is InChI=1S/C25H17FN3O3.ClH/c26-19-9-3-1-6-15(19)13-29-11-5-7-16(14-29)21-18(12-27)24(28)32-23-17-8-2-4-10-20(17)31-25(30)22(21)23;/h1-11,14,21H,13,28H2;1H/q+1;/p-1. The van der Waals surface area contributed by atoms with E-state index in [1.165, 1.54) is 6.07 Å². The summed E-state index contributed by atoms with van der Waals surface area (Å²) >= 11 is 0. The lowest BCUT2D eigenvalue weighted by Crippen LogP contribution is -3.00. The highest BCUT2D eigenvalue weighted by atomic mass is 35.5. The van der Waals surface area contributed by atoms with E-state index in [9.17, 15) is 14.4 Å².